The van der Waals surface area contributed by atoms with E-state index in [9.17, 15) is 18.4 Å². The Kier molecular flexibility index (Phi) is 7.46. The van der Waals surface area contributed by atoms with Crippen LogP contribution in [0.1, 0.15) is 37.9 Å². The lowest BCUT2D eigenvalue weighted by Gasteiger charge is -2.28. The van der Waals surface area contributed by atoms with Gasteiger partial charge in [0.2, 0.25) is 17.8 Å². The molecule has 13 heteroatoms. The molecular formula is C27H32F2N8O3. The van der Waals surface area contributed by atoms with E-state index in [1.54, 1.807) is 35.2 Å². The molecule has 3 aliphatic heterocycles. The zero-order chi connectivity index (χ0) is 27.6. The van der Waals surface area contributed by atoms with E-state index in [-0.39, 0.29) is 23.7 Å². The first-order chi connectivity index (χ1) is 19.5. The highest BCUT2D eigenvalue weighted by Gasteiger charge is 2.29. The molecule has 0 radical (unpaired) electrons. The minimum Gasteiger partial charge on any atom is -0.378 e. The fourth-order valence-electron chi connectivity index (χ4n) is 5.59. The number of aromatic nitrogens is 4. The molecule has 3 saturated heterocycles. The number of amides is 2. The third kappa shape index (κ3) is 5.42. The summed E-state index contributed by atoms with van der Waals surface area (Å²) in [6.45, 7) is 4.48. The summed E-state index contributed by atoms with van der Waals surface area (Å²) < 4.78 is 35.1. The first-order valence-electron chi connectivity index (χ1n) is 13.8. The number of nitrogens with one attached hydrogen (secondary N) is 1. The molecule has 1 N–H and O–H groups in total. The average Bonchev–Trinajstić information content (AvgIpc) is 3.70. The Morgan fingerprint density at radius 2 is 1.93 bits per heavy atom. The van der Waals surface area contributed by atoms with Crippen LogP contribution in [0.5, 0.6) is 0 Å². The average molecular weight is 555 g/mol. The number of morpholine rings is 1. The zero-order valence-corrected chi connectivity index (χ0v) is 22.1. The van der Waals surface area contributed by atoms with Crippen molar-refractivity contribution in [3.63, 3.8) is 0 Å². The van der Waals surface area contributed by atoms with Gasteiger partial charge in [0, 0.05) is 64.2 Å². The normalized spacial score (nSPS) is 19.8. The van der Waals surface area contributed by atoms with Gasteiger partial charge in [0.25, 0.3) is 6.43 Å². The number of benzene rings is 1. The third-order valence-corrected chi connectivity index (χ3v) is 7.67. The van der Waals surface area contributed by atoms with E-state index < -0.39 is 6.43 Å². The number of ether oxygens (including phenoxy) is 1. The zero-order valence-electron chi connectivity index (χ0n) is 22.1. The maximum Gasteiger partial charge on any atom is 0.296 e. The Morgan fingerprint density at radius 1 is 1.10 bits per heavy atom. The molecule has 2 aromatic heterocycles. The van der Waals surface area contributed by atoms with Crippen molar-refractivity contribution >= 4 is 34.6 Å². The van der Waals surface area contributed by atoms with Crippen molar-refractivity contribution in [2.45, 2.75) is 38.2 Å². The smallest absolute Gasteiger partial charge is 0.296 e. The highest BCUT2D eigenvalue weighted by Crippen LogP contribution is 2.29. The van der Waals surface area contributed by atoms with Gasteiger partial charge in [-0.2, -0.15) is 9.97 Å². The van der Waals surface area contributed by atoms with Crippen LogP contribution in [-0.2, 0) is 14.3 Å². The van der Waals surface area contributed by atoms with Gasteiger partial charge in [-0.1, -0.05) is 12.1 Å². The van der Waals surface area contributed by atoms with Crippen LogP contribution < -0.4 is 10.2 Å². The molecule has 11 nitrogen and oxygen atoms in total. The van der Waals surface area contributed by atoms with Crippen molar-refractivity contribution in [3.8, 4) is 5.82 Å². The number of para-hydroxylation sites is 2. The van der Waals surface area contributed by atoms with Crippen LogP contribution in [0.2, 0.25) is 0 Å². The van der Waals surface area contributed by atoms with Gasteiger partial charge in [0.05, 0.1) is 24.2 Å². The number of anilines is 2. The van der Waals surface area contributed by atoms with Gasteiger partial charge in [-0.05, 0) is 25.0 Å². The quantitative estimate of drug-likeness (QED) is 0.453. The first kappa shape index (κ1) is 26.4. The van der Waals surface area contributed by atoms with Crippen LogP contribution >= 0.6 is 0 Å². The summed E-state index contributed by atoms with van der Waals surface area (Å²) >= 11 is 0. The van der Waals surface area contributed by atoms with Crippen LogP contribution in [0.15, 0.2) is 30.3 Å². The summed E-state index contributed by atoms with van der Waals surface area (Å²) in [5.41, 5.74) is 0.990. The molecule has 5 heterocycles. The SMILES string of the molecule is O=C1CCCN1CCC(=O)N1CC[C@H](Nc2cc(-n3c(C(F)F)nc4ccccc43)nc(N3CCOCC3)n2)C1. The van der Waals surface area contributed by atoms with E-state index >= 15 is 0 Å². The molecule has 3 aliphatic rings. The molecule has 1 aromatic carbocycles. The first-order valence-corrected chi connectivity index (χ1v) is 13.8. The van der Waals surface area contributed by atoms with Gasteiger partial charge in [-0.25, -0.2) is 13.8 Å². The Hall–Kier alpha value is -3.87. The van der Waals surface area contributed by atoms with E-state index in [0.29, 0.717) is 87.4 Å². The Morgan fingerprint density at radius 3 is 2.70 bits per heavy atom. The number of carbonyl (C=O) groups excluding carboxylic acids is 2. The second-order valence-corrected chi connectivity index (χ2v) is 10.3. The van der Waals surface area contributed by atoms with Crippen LogP contribution in [0.25, 0.3) is 16.9 Å². The van der Waals surface area contributed by atoms with Crippen molar-refractivity contribution < 1.29 is 23.1 Å². The van der Waals surface area contributed by atoms with E-state index in [1.165, 1.54) is 4.57 Å². The number of likely N-dealkylation sites (tertiary alicyclic amines) is 2. The number of rotatable bonds is 8. The summed E-state index contributed by atoms with van der Waals surface area (Å²) in [5, 5.41) is 3.42. The van der Waals surface area contributed by atoms with Gasteiger partial charge in [-0.3, -0.25) is 14.2 Å². The third-order valence-electron chi connectivity index (χ3n) is 7.67. The molecule has 0 spiro atoms. The Balaban J connectivity index is 1.24. The minimum atomic E-state index is -2.80. The lowest BCUT2D eigenvalue weighted by atomic mass is 10.2. The fraction of sp³-hybridized carbons (Fsp3) is 0.519. The number of hydrogen-bond acceptors (Lipinski definition) is 8. The summed E-state index contributed by atoms with van der Waals surface area (Å²) in [6.07, 6.45) is -0.358. The maximum absolute atomic E-state index is 14.1. The van der Waals surface area contributed by atoms with Crippen molar-refractivity contribution in [1.29, 1.82) is 0 Å². The van der Waals surface area contributed by atoms with Crippen molar-refractivity contribution in [1.82, 2.24) is 29.3 Å². The second-order valence-electron chi connectivity index (χ2n) is 10.3. The van der Waals surface area contributed by atoms with E-state index in [1.807, 2.05) is 9.80 Å². The molecule has 0 bridgehead atoms. The highest BCUT2D eigenvalue weighted by molar-refractivity contribution is 5.80. The fourth-order valence-corrected chi connectivity index (χ4v) is 5.59. The predicted octanol–water partition coefficient (Wildman–Crippen LogP) is 2.62. The number of carbonyl (C=O) groups is 2. The van der Waals surface area contributed by atoms with Gasteiger partial charge in [0.15, 0.2) is 5.82 Å². The standard InChI is InChI=1S/C27H32F2N8O3/c28-25(29)26-31-19-4-1-2-5-20(19)37(26)22-16-21(32-27(33-22)35-12-14-40-15-13-35)30-18-7-10-36(17-18)24(39)8-11-34-9-3-6-23(34)38/h1-2,4-5,16,18,25H,3,6-15,17H2,(H,30,32,33)/t18-/m0/s1. The molecule has 0 aliphatic carbocycles. The molecular weight excluding hydrogens is 522 g/mol. The summed E-state index contributed by atoms with van der Waals surface area (Å²) in [4.78, 5) is 43.8. The van der Waals surface area contributed by atoms with E-state index in [0.717, 1.165) is 19.4 Å². The summed E-state index contributed by atoms with van der Waals surface area (Å²) in [5.74, 6) is 0.962. The summed E-state index contributed by atoms with van der Waals surface area (Å²) in [6, 6.07) is 8.58. The van der Waals surface area contributed by atoms with Crippen LogP contribution in [0.4, 0.5) is 20.5 Å². The van der Waals surface area contributed by atoms with Crippen LogP contribution in [0, 0.1) is 0 Å². The monoisotopic (exact) mass is 554 g/mol. The predicted molar refractivity (Wildman–Crippen MR) is 144 cm³/mol. The second kappa shape index (κ2) is 11.3. The Labute approximate surface area is 230 Å². The van der Waals surface area contributed by atoms with E-state index in [4.69, 9.17) is 14.7 Å². The largest absolute Gasteiger partial charge is 0.378 e. The van der Waals surface area contributed by atoms with Gasteiger partial charge >= 0.3 is 0 Å². The number of imidazole rings is 1. The number of halogens is 2. The molecule has 40 heavy (non-hydrogen) atoms. The van der Waals surface area contributed by atoms with Gasteiger partial charge < -0.3 is 24.8 Å². The maximum atomic E-state index is 14.1. The molecule has 0 saturated carbocycles. The van der Waals surface area contributed by atoms with Crippen LogP contribution in [0.3, 0.4) is 0 Å². The summed E-state index contributed by atoms with van der Waals surface area (Å²) in [7, 11) is 0. The van der Waals surface area contributed by atoms with Crippen LogP contribution in [-0.4, -0.2) is 99.7 Å². The number of fused-ring (bicyclic) bond motifs is 1. The minimum absolute atomic E-state index is 0.0212. The highest BCUT2D eigenvalue weighted by atomic mass is 19.3. The molecule has 212 valence electrons. The molecule has 2 amide bonds. The van der Waals surface area contributed by atoms with Gasteiger partial charge in [0.1, 0.15) is 11.6 Å². The molecule has 0 unspecified atom stereocenters. The van der Waals surface area contributed by atoms with E-state index in [2.05, 4.69) is 10.3 Å². The van der Waals surface area contributed by atoms with Crippen molar-refractivity contribution in [2.24, 2.45) is 0 Å². The lowest BCUT2D eigenvalue weighted by molar-refractivity contribution is -0.132. The number of nitrogens with zero attached hydrogens (tertiary/aromatic N) is 7. The number of hydrogen-bond donors (Lipinski definition) is 1. The lowest BCUT2D eigenvalue weighted by Crippen LogP contribution is -2.38. The molecule has 3 fully saturated rings. The van der Waals surface area contributed by atoms with Crippen molar-refractivity contribution in [3.05, 3.63) is 36.2 Å². The van der Waals surface area contributed by atoms with Gasteiger partial charge in [-0.15, -0.1) is 0 Å². The topological polar surface area (TPSA) is 109 Å². The molecule has 6 rings (SSSR count). The van der Waals surface area contributed by atoms with Crippen molar-refractivity contribution in [2.75, 3.05) is 62.7 Å². The molecule has 1 atom stereocenters. The number of alkyl halides is 2. The Bertz CT molecular complexity index is 1390. The molecule has 3 aromatic rings.